The normalized spacial score (nSPS) is 11.9. The topological polar surface area (TPSA) is 12.0 Å². The zero-order valence-electron chi connectivity index (χ0n) is 8.93. The Kier molecular flexibility index (Phi) is 5.00. The molecule has 0 fully saturated rings. The Morgan fingerprint density at radius 2 is 1.93 bits per heavy atom. The minimum Gasteiger partial charge on any atom is -0.380 e. The van der Waals surface area contributed by atoms with Crippen molar-refractivity contribution in [3.8, 4) is 0 Å². The summed E-state index contributed by atoms with van der Waals surface area (Å²) in [7, 11) is 0. The number of nitrogens with one attached hydrogen (secondary N) is 1. The van der Waals surface area contributed by atoms with Crippen LogP contribution in [0.1, 0.15) is 25.3 Å². The third-order valence-electron chi connectivity index (χ3n) is 2.16. The van der Waals surface area contributed by atoms with Crippen molar-refractivity contribution in [2.75, 3.05) is 11.9 Å². The van der Waals surface area contributed by atoms with Gasteiger partial charge in [0.05, 0.1) is 6.54 Å². The number of hydrogen-bond acceptors (Lipinski definition) is 1. The second-order valence-electron chi connectivity index (χ2n) is 3.69. The summed E-state index contributed by atoms with van der Waals surface area (Å²) in [6.45, 7) is 4.91. The molecular formula is C12H15Cl2N. The Hall–Kier alpha value is -0.660. The monoisotopic (exact) mass is 243 g/mol. The molecule has 0 saturated heterocycles. The lowest BCUT2D eigenvalue weighted by Crippen LogP contribution is -2.01. The van der Waals surface area contributed by atoms with Gasteiger partial charge in [0, 0.05) is 16.3 Å². The number of anilines is 1. The fraction of sp³-hybridized carbons (Fsp3) is 0.333. The summed E-state index contributed by atoms with van der Waals surface area (Å²) in [5.41, 5.74) is 3.76. The summed E-state index contributed by atoms with van der Waals surface area (Å²) in [6, 6.07) is 8.33. The molecule has 0 radical (unpaired) electrons. The number of hydrogen-bond donors (Lipinski definition) is 1. The number of benzene rings is 1. The van der Waals surface area contributed by atoms with Crippen molar-refractivity contribution >= 4 is 28.9 Å². The lowest BCUT2D eigenvalue weighted by molar-refractivity contribution is 0.867. The zero-order chi connectivity index (χ0) is 11.3. The second kappa shape index (κ2) is 6.04. The third-order valence-corrected chi connectivity index (χ3v) is 2.77. The molecule has 0 aliphatic carbocycles. The van der Waals surface area contributed by atoms with Crippen molar-refractivity contribution in [2.24, 2.45) is 0 Å². The van der Waals surface area contributed by atoms with Gasteiger partial charge in [-0.3, -0.25) is 0 Å². The van der Waals surface area contributed by atoms with Gasteiger partial charge >= 0.3 is 0 Å². The van der Waals surface area contributed by atoms with Crippen LogP contribution in [0.15, 0.2) is 34.8 Å². The highest BCUT2D eigenvalue weighted by molar-refractivity contribution is 6.36. The molecule has 15 heavy (non-hydrogen) atoms. The van der Waals surface area contributed by atoms with Gasteiger partial charge in [0.1, 0.15) is 0 Å². The summed E-state index contributed by atoms with van der Waals surface area (Å²) in [5, 5.41) is 3.78. The van der Waals surface area contributed by atoms with E-state index in [0.717, 1.165) is 5.69 Å². The number of halogens is 2. The van der Waals surface area contributed by atoms with Crippen LogP contribution in [-0.2, 0) is 0 Å². The van der Waals surface area contributed by atoms with E-state index in [4.69, 9.17) is 23.2 Å². The second-order valence-corrected chi connectivity index (χ2v) is 4.39. The van der Waals surface area contributed by atoms with Gasteiger partial charge in [-0.1, -0.05) is 49.2 Å². The third kappa shape index (κ3) is 4.15. The van der Waals surface area contributed by atoms with Gasteiger partial charge < -0.3 is 5.32 Å². The summed E-state index contributed by atoms with van der Waals surface area (Å²) >= 11 is 11.2. The average molecular weight is 244 g/mol. The molecule has 0 aromatic heterocycles. The van der Waals surface area contributed by atoms with Crippen LogP contribution in [0.5, 0.6) is 0 Å². The fourth-order valence-corrected chi connectivity index (χ4v) is 1.35. The van der Waals surface area contributed by atoms with Gasteiger partial charge in [0.25, 0.3) is 0 Å². The highest BCUT2D eigenvalue weighted by Crippen LogP contribution is 2.17. The molecule has 1 nitrogen and oxygen atoms in total. The van der Waals surface area contributed by atoms with Crippen LogP contribution in [-0.4, -0.2) is 6.54 Å². The molecule has 1 aromatic carbocycles. The SMILES string of the molecule is CC(C)c1ccc(NCC(Cl)=CCl)cc1. The molecule has 1 rings (SSSR count). The van der Waals surface area contributed by atoms with E-state index in [1.54, 1.807) is 0 Å². The van der Waals surface area contributed by atoms with Crippen molar-refractivity contribution in [3.05, 3.63) is 40.4 Å². The van der Waals surface area contributed by atoms with Gasteiger partial charge in [0.2, 0.25) is 0 Å². The summed E-state index contributed by atoms with van der Waals surface area (Å²) in [6.07, 6.45) is 0. The van der Waals surface area contributed by atoms with Crippen LogP contribution in [0.25, 0.3) is 0 Å². The number of rotatable bonds is 4. The molecular weight excluding hydrogens is 229 g/mol. The first-order chi connectivity index (χ1) is 7.13. The smallest absolute Gasteiger partial charge is 0.0516 e. The first-order valence-electron chi connectivity index (χ1n) is 4.92. The maximum absolute atomic E-state index is 5.76. The summed E-state index contributed by atoms with van der Waals surface area (Å²) < 4.78 is 0. The van der Waals surface area contributed by atoms with Crippen molar-refractivity contribution in [1.82, 2.24) is 0 Å². The van der Waals surface area contributed by atoms with Crippen LogP contribution in [0.2, 0.25) is 0 Å². The predicted octanol–water partition coefficient (Wildman–Crippen LogP) is 4.54. The molecule has 0 aliphatic heterocycles. The van der Waals surface area contributed by atoms with Crippen LogP contribution in [0.3, 0.4) is 0 Å². The molecule has 1 aromatic rings. The first-order valence-corrected chi connectivity index (χ1v) is 5.73. The zero-order valence-corrected chi connectivity index (χ0v) is 10.4. The van der Waals surface area contributed by atoms with E-state index < -0.39 is 0 Å². The van der Waals surface area contributed by atoms with Gasteiger partial charge in [-0.05, 0) is 23.6 Å². The lowest BCUT2D eigenvalue weighted by Gasteiger charge is -2.08. The average Bonchev–Trinajstić information content (AvgIpc) is 2.26. The van der Waals surface area contributed by atoms with Crippen molar-refractivity contribution in [1.29, 1.82) is 0 Å². The van der Waals surface area contributed by atoms with E-state index in [2.05, 4.69) is 31.3 Å². The lowest BCUT2D eigenvalue weighted by atomic mass is 10.0. The van der Waals surface area contributed by atoms with Crippen LogP contribution in [0.4, 0.5) is 5.69 Å². The maximum atomic E-state index is 5.76. The van der Waals surface area contributed by atoms with E-state index in [-0.39, 0.29) is 0 Å². The van der Waals surface area contributed by atoms with E-state index >= 15 is 0 Å². The summed E-state index contributed by atoms with van der Waals surface area (Å²) in [4.78, 5) is 0. The highest BCUT2D eigenvalue weighted by atomic mass is 35.5. The summed E-state index contributed by atoms with van der Waals surface area (Å²) in [5.74, 6) is 0.561. The fourth-order valence-electron chi connectivity index (χ4n) is 1.21. The maximum Gasteiger partial charge on any atom is 0.0516 e. The quantitative estimate of drug-likeness (QED) is 0.819. The molecule has 0 heterocycles. The Labute approximate surface area is 101 Å². The molecule has 0 saturated carbocycles. The van der Waals surface area contributed by atoms with Gasteiger partial charge in [0.15, 0.2) is 0 Å². The van der Waals surface area contributed by atoms with E-state index in [9.17, 15) is 0 Å². The Bertz CT molecular complexity index is 328. The first kappa shape index (κ1) is 12.4. The Balaban J connectivity index is 2.57. The van der Waals surface area contributed by atoms with Crippen LogP contribution in [0, 0.1) is 0 Å². The van der Waals surface area contributed by atoms with E-state index in [1.165, 1.54) is 11.1 Å². The molecule has 0 unspecified atom stereocenters. The van der Waals surface area contributed by atoms with Crippen LogP contribution >= 0.6 is 23.2 Å². The molecule has 3 heteroatoms. The molecule has 0 bridgehead atoms. The van der Waals surface area contributed by atoms with E-state index in [1.807, 2.05) is 12.1 Å². The van der Waals surface area contributed by atoms with Gasteiger partial charge in [-0.2, -0.15) is 0 Å². The minimum absolute atomic E-state index is 0.561. The van der Waals surface area contributed by atoms with E-state index in [0.29, 0.717) is 17.5 Å². The Morgan fingerprint density at radius 3 is 2.40 bits per heavy atom. The molecule has 0 aliphatic rings. The highest BCUT2D eigenvalue weighted by Gasteiger charge is 1.98. The standard InChI is InChI=1S/C12H15Cl2N/c1-9(2)10-3-5-12(6-4-10)15-8-11(14)7-13/h3-7,9,15H,8H2,1-2H3. The van der Waals surface area contributed by atoms with Crippen molar-refractivity contribution < 1.29 is 0 Å². The minimum atomic E-state index is 0.561. The largest absolute Gasteiger partial charge is 0.380 e. The predicted molar refractivity (Wildman–Crippen MR) is 68.8 cm³/mol. The molecule has 0 spiro atoms. The molecule has 1 N–H and O–H groups in total. The molecule has 0 amide bonds. The van der Waals surface area contributed by atoms with Gasteiger partial charge in [-0.15, -0.1) is 0 Å². The van der Waals surface area contributed by atoms with Gasteiger partial charge in [-0.25, -0.2) is 0 Å². The Morgan fingerprint density at radius 1 is 1.33 bits per heavy atom. The van der Waals surface area contributed by atoms with Crippen molar-refractivity contribution in [3.63, 3.8) is 0 Å². The van der Waals surface area contributed by atoms with Crippen molar-refractivity contribution in [2.45, 2.75) is 19.8 Å². The van der Waals surface area contributed by atoms with Crippen LogP contribution < -0.4 is 5.32 Å². The molecule has 82 valence electrons. The molecule has 0 atom stereocenters.